The number of aliphatic hydroxyl groups excluding tert-OH is 1. The van der Waals surface area contributed by atoms with Gasteiger partial charge >= 0.3 is 11.9 Å². The number of hydrogen-bond acceptors (Lipinski definition) is 8. The van der Waals surface area contributed by atoms with Crippen LogP contribution >= 0.6 is 0 Å². The van der Waals surface area contributed by atoms with Crippen molar-refractivity contribution in [2.24, 2.45) is 0 Å². The van der Waals surface area contributed by atoms with E-state index in [0.717, 1.165) is 6.92 Å². The third-order valence-corrected chi connectivity index (χ3v) is 3.87. The molecule has 26 heavy (non-hydrogen) atoms. The molecule has 0 aromatic carbocycles. The van der Waals surface area contributed by atoms with Gasteiger partial charge in [-0.05, 0) is 6.92 Å². The molecule has 0 radical (unpaired) electrons. The lowest BCUT2D eigenvalue weighted by molar-refractivity contribution is -0.283. The molecule has 1 saturated heterocycles. The highest BCUT2D eigenvalue weighted by molar-refractivity contribution is 5.76. The summed E-state index contributed by atoms with van der Waals surface area (Å²) in [5.41, 5.74) is 0. The monoisotopic (exact) mass is 376 g/mol. The van der Waals surface area contributed by atoms with Gasteiger partial charge in [0.1, 0.15) is 12.2 Å². The summed E-state index contributed by atoms with van der Waals surface area (Å²) >= 11 is 0. The normalized spacial score (nSPS) is 30.6. The molecule has 2 amide bonds. The molecule has 0 spiro atoms. The van der Waals surface area contributed by atoms with Crippen molar-refractivity contribution < 1.29 is 44.0 Å². The van der Waals surface area contributed by atoms with Crippen LogP contribution in [-0.2, 0) is 28.7 Å². The third kappa shape index (κ3) is 5.38. The van der Waals surface area contributed by atoms with E-state index in [9.17, 15) is 34.5 Å². The first-order valence-corrected chi connectivity index (χ1v) is 7.90. The molecule has 11 nitrogen and oxygen atoms in total. The molecule has 0 aromatic rings. The van der Waals surface area contributed by atoms with Gasteiger partial charge in [-0.15, -0.1) is 0 Å². The number of rotatable bonds is 6. The summed E-state index contributed by atoms with van der Waals surface area (Å²) in [6.45, 7) is 4.89. The van der Waals surface area contributed by atoms with Crippen molar-refractivity contribution in [3.8, 4) is 0 Å². The molecule has 0 saturated carbocycles. The Kier molecular flexibility index (Phi) is 7.07. The van der Waals surface area contributed by atoms with Crippen LogP contribution in [-0.4, -0.2) is 75.3 Å². The Morgan fingerprint density at radius 3 is 2.19 bits per heavy atom. The van der Waals surface area contributed by atoms with Crippen LogP contribution in [0, 0.1) is 0 Å². The standard InChI is InChI=1S/C15H24N2O9/c1-6(25-9(4)20)11(16-7(2)18)13-12(17-8(3)19)10(21)5-15(24,26-13)14(22)23/h6,10-13,21,24H,5H2,1-4H3,(H,16,18)(H,17,19)(H,22,23)/t6-,10-,11-,12-,13+,15-/m1/s1. The van der Waals surface area contributed by atoms with Crippen molar-refractivity contribution in [3.63, 3.8) is 0 Å². The third-order valence-electron chi connectivity index (χ3n) is 3.87. The predicted octanol–water partition coefficient (Wildman–Crippen LogP) is -2.13. The smallest absolute Gasteiger partial charge is 0.364 e. The van der Waals surface area contributed by atoms with Crippen LogP contribution in [0.5, 0.6) is 0 Å². The van der Waals surface area contributed by atoms with Gasteiger partial charge in [0.15, 0.2) is 0 Å². The second kappa shape index (κ2) is 8.43. The predicted molar refractivity (Wildman–Crippen MR) is 84.5 cm³/mol. The van der Waals surface area contributed by atoms with Gasteiger partial charge in [-0.1, -0.05) is 0 Å². The SMILES string of the molecule is CC(=O)N[C@H]1[C@H]([C@H](NC(C)=O)[C@@H](C)OC(C)=O)O[C@@](O)(C(=O)O)C[C@H]1O. The maximum absolute atomic E-state index is 11.6. The highest BCUT2D eigenvalue weighted by Crippen LogP contribution is 2.31. The van der Waals surface area contributed by atoms with Crippen LogP contribution in [0.25, 0.3) is 0 Å². The van der Waals surface area contributed by atoms with E-state index >= 15 is 0 Å². The van der Waals surface area contributed by atoms with Crippen molar-refractivity contribution in [2.75, 3.05) is 0 Å². The number of carbonyl (C=O) groups excluding carboxylic acids is 3. The van der Waals surface area contributed by atoms with E-state index in [4.69, 9.17) is 9.47 Å². The van der Waals surface area contributed by atoms with Crippen LogP contribution in [0.2, 0.25) is 0 Å². The molecule has 0 aromatic heterocycles. The van der Waals surface area contributed by atoms with E-state index in [1.165, 1.54) is 20.8 Å². The molecule has 0 unspecified atom stereocenters. The summed E-state index contributed by atoms with van der Waals surface area (Å²) < 4.78 is 10.3. The largest absolute Gasteiger partial charge is 0.477 e. The summed E-state index contributed by atoms with van der Waals surface area (Å²) in [5, 5.41) is 34.5. The van der Waals surface area contributed by atoms with Crippen LogP contribution < -0.4 is 10.6 Å². The first-order valence-electron chi connectivity index (χ1n) is 7.90. The summed E-state index contributed by atoms with van der Waals surface area (Å²) in [6, 6.07) is -2.32. The molecule has 1 fully saturated rings. The van der Waals surface area contributed by atoms with Gasteiger partial charge in [-0.2, -0.15) is 0 Å². The second-order valence-electron chi connectivity index (χ2n) is 6.21. The second-order valence-corrected chi connectivity index (χ2v) is 6.21. The Morgan fingerprint density at radius 1 is 1.19 bits per heavy atom. The average molecular weight is 376 g/mol. The number of carboxylic acid groups (broad SMARTS) is 1. The molecule has 1 rings (SSSR count). The molecule has 0 aliphatic carbocycles. The van der Waals surface area contributed by atoms with Crippen molar-refractivity contribution in [1.29, 1.82) is 0 Å². The topological polar surface area (TPSA) is 171 Å². The Bertz CT molecular complexity index is 581. The molecular weight excluding hydrogens is 352 g/mol. The minimum absolute atomic E-state index is 0.551. The molecule has 1 heterocycles. The Balaban J connectivity index is 3.30. The number of esters is 1. The Labute approximate surface area is 149 Å². The first kappa shape index (κ1) is 21.8. The van der Waals surface area contributed by atoms with E-state index in [2.05, 4.69) is 10.6 Å². The minimum Gasteiger partial charge on any atom is -0.477 e. The van der Waals surface area contributed by atoms with E-state index in [0.29, 0.717) is 0 Å². The van der Waals surface area contributed by atoms with Gasteiger partial charge in [-0.3, -0.25) is 14.4 Å². The zero-order valence-electron chi connectivity index (χ0n) is 14.9. The zero-order chi connectivity index (χ0) is 20.2. The van der Waals surface area contributed by atoms with Gasteiger partial charge in [0.25, 0.3) is 5.79 Å². The summed E-state index contributed by atoms with van der Waals surface area (Å²) in [6.07, 6.45) is -4.62. The van der Waals surface area contributed by atoms with Crippen molar-refractivity contribution in [3.05, 3.63) is 0 Å². The van der Waals surface area contributed by atoms with Gasteiger partial charge in [-0.25, -0.2) is 4.79 Å². The number of amides is 2. The molecule has 6 atom stereocenters. The number of hydrogen-bond donors (Lipinski definition) is 5. The van der Waals surface area contributed by atoms with E-state index in [-0.39, 0.29) is 0 Å². The van der Waals surface area contributed by atoms with E-state index in [1.54, 1.807) is 0 Å². The fourth-order valence-electron chi connectivity index (χ4n) is 2.86. The maximum Gasteiger partial charge on any atom is 0.364 e. The Morgan fingerprint density at radius 2 is 1.77 bits per heavy atom. The van der Waals surface area contributed by atoms with Gasteiger partial charge in [0, 0.05) is 27.2 Å². The number of aliphatic carboxylic acids is 1. The summed E-state index contributed by atoms with van der Waals surface area (Å²) in [5.74, 6) is -6.27. The first-order chi connectivity index (χ1) is 11.9. The van der Waals surface area contributed by atoms with Crippen molar-refractivity contribution >= 4 is 23.8 Å². The highest BCUT2D eigenvalue weighted by Gasteiger charge is 2.54. The number of carbonyl (C=O) groups is 4. The molecule has 0 bridgehead atoms. The van der Waals surface area contributed by atoms with Gasteiger partial charge in [0.05, 0.1) is 18.2 Å². The Hall–Kier alpha value is -2.24. The van der Waals surface area contributed by atoms with Crippen molar-refractivity contribution in [1.82, 2.24) is 10.6 Å². The van der Waals surface area contributed by atoms with Crippen LogP contribution in [0.1, 0.15) is 34.1 Å². The number of nitrogens with one attached hydrogen (secondary N) is 2. The zero-order valence-corrected chi connectivity index (χ0v) is 14.9. The lowest BCUT2D eigenvalue weighted by atomic mass is 9.87. The molecule has 148 valence electrons. The lowest BCUT2D eigenvalue weighted by Crippen LogP contribution is -2.69. The van der Waals surface area contributed by atoms with Crippen molar-refractivity contribution in [2.45, 2.75) is 70.3 Å². The van der Waals surface area contributed by atoms with E-state index < -0.39 is 66.4 Å². The quantitative estimate of drug-likeness (QED) is 0.325. The minimum atomic E-state index is -2.74. The van der Waals surface area contributed by atoms with Gasteiger partial charge < -0.3 is 35.4 Å². The molecule has 11 heteroatoms. The van der Waals surface area contributed by atoms with Crippen LogP contribution in [0.15, 0.2) is 0 Å². The summed E-state index contributed by atoms with van der Waals surface area (Å²) in [4.78, 5) is 45.6. The number of ether oxygens (including phenoxy) is 2. The van der Waals surface area contributed by atoms with E-state index in [1.807, 2.05) is 0 Å². The molecule has 1 aliphatic rings. The molecule has 5 N–H and O–H groups in total. The molecule has 1 aliphatic heterocycles. The lowest BCUT2D eigenvalue weighted by Gasteiger charge is -2.46. The van der Waals surface area contributed by atoms with Gasteiger partial charge in [0.2, 0.25) is 11.8 Å². The van der Waals surface area contributed by atoms with Crippen LogP contribution in [0.4, 0.5) is 0 Å². The molecular formula is C15H24N2O9. The highest BCUT2D eigenvalue weighted by atomic mass is 16.7. The fourth-order valence-corrected chi connectivity index (χ4v) is 2.86. The number of carboxylic acids is 1. The summed E-state index contributed by atoms with van der Waals surface area (Å²) in [7, 11) is 0. The van der Waals surface area contributed by atoms with Crippen LogP contribution in [0.3, 0.4) is 0 Å². The fraction of sp³-hybridized carbons (Fsp3) is 0.733. The average Bonchev–Trinajstić information content (AvgIpc) is 2.46. The number of aliphatic hydroxyl groups is 2. The maximum atomic E-state index is 11.6.